The van der Waals surface area contributed by atoms with Crippen molar-refractivity contribution in [1.82, 2.24) is 4.90 Å². The second-order valence-corrected chi connectivity index (χ2v) is 3.43. The van der Waals surface area contributed by atoms with Crippen molar-refractivity contribution < 1.29 is 14.3 Å². The minimum absolute atomic E-state index is 0.0605. The van der Waals surface area contributed by atoms with Gasteiger partial charge in [-0.05, 0) is 0 Å². The molecule has 2 rings (SSSR count). The number of carbonyl (C=O) groups excluding carboxylic acids is 1. The molecule has 0 aromatic rings. The maximum atomic E-state index is 11.7. The van der Waals surface area contributed by atoms with Crippen LogP contribution >= 0.6 is 0 Å². The Morgan fingerprint density at radius 2 is 2.23 bits per heavy atom. The third-order valence-electron chi connectivity index (χ3n) is 2.39. The summed E-state index contributed by atoms with van der Waals surface area (Å²) in [5.41, 5.74) is 5.58. The van der Waals surface area contributed by atoms with Gasteiger partial charge < -0.3 is 20.1 Å². The van der Waals surface area contributed by atoms with Crippen LogP contribution in [-0.2, 0) is 14.3 Å². The number of rotatable bonds is 1. The SMILES string of the molecule is NC1CN(C(=O)C2COC2)CCO1. The standard InChI is InChI=1S/C8H14N2O3/c9-7-3-10(1-2-13-7)8(11)6-4-12-5-6/h6-7H,1-5,9H2. The molecule has 13 heavy (non-hydrogen) atoms. The second kappa shape index (κ2) is 3.61. The first-order valence-electron chi connectivity index (χ1n) is 4.51. The third kappa shape index (κ3) is 1.82. The predicted molar refractivity (Wildman–Crippen MR) is 44.8 cm³/mol. The molecule has 2 N–H and O–H groups in total. The Morgan fingerprint density at radius 3 is 2.77 bits per heavy atom. The summed E-state index contributed by atoms with van der Waals surface area (Å²) in [6.07, 6.45) is -0.321. The molecular formula is C8H14N2O3. The summed E-state index contributed by atoms with van der Waals surface area (Å²) in [6.45, 7) is 2.83. The van der Waals surface area contributed by atoms with Crippen molar-refractivity contribution in [2.75, 3.05) is 32.9 Å². The smallest absolute Gasteiger partial charge is 0.230 e. The van der Waals surface area contributed by atoms with E-state index in [4.69, 9.17) is 15.2 Å². The van der Waals surface area contributed by atoms with Crippen LogP contribution in [0.3, 0.4) is 0 Å². The maximum Gasteiger partial charge on any atom is 0.230 e. The molecule has 0 aromatic heterocycles. The van der Waals surface area contributed by atoms with Crippen LogP contribution in [-0.4, -0.2) is 49.9 Å². The van der Waals surface area contributed by atoms with Gasteiger partial charge in [0.05, 0.1) is 32.3 Å². The van der Waals surface area contributed by atoms with Crippen LogP contribution in [0.5, 0.6) is 0 Å². The second-order valence-electron chi connectivity index (χ2n) is 3.43. The van der Waals surface area contributed by atoms with Gasteiger partial charge in [-0.25, -0.2) is 0 Å². The van der Waals surface area contributed by atoms with Crippen molar-refractivity contribution in [3.8, 4) is 0 Å². The fraction of sp³-hybridized carbons (Fsp3) is 0.875. The molecule has 1 atom stereocenters. The molecule has 1 amide bonds. The van der Waals surface area contributed by atoms with E-state index in [1.165, 1.54) is 0 Å². The van der Waals surface area contributed by atoms with E-state index in [2.05, 4.69) is 0 Å². The van der Waals surface area contributed by atoms with E-state index >= 15 is 0 Å². The Labute approximate surface area is 76.8 Å². The largest absolute Gasteiger partial charge is 0.380 e. The highest BCUT2D eigenvalue weighted by molar-refractivity contribution is 5.79. The zero-order chi connectivity index (χ0) is 9.26. The Balaban J connectivity index is 1.87. The van der Waals surface area contributed by atoms with E-state index in [1.807, 2.05) is 0 Å². The molecule has 2 heterocycles. The molecule has 2 saturated heterocycles. The molecule has 0 radical (unpaired) electrons. The van der Waals surface area contributed by atoms with Crippen LogP contribution in [0.25, 0.3) is 0 Å². The van der Waals surface area contributed by atoms with Gasteiger partial charge in [-0.1, -0.05) is 0 Å². The Hall–Kier alpha value is -0.650. The molecule has 0 aliphatic carbocycles. The van der Waals surface area contributed by atoms with Gasteiger partial charge in [0.1, 0.15) is 6.23 Å². The van der Waals surface area contributed by atoms with Gasteiger partial charge in [-0.15, -0.1) is 0 Å². The molecule has 5 nitrogen and oxygen atoms in total. The minimum atomic E-state index is -0.321. The van der Waals surface area contributed by atoms with Gasteiger partial charge >= 0.3 is 0 Å². The van der Waals surface area contributed by atoms with Crippen molar-refractivity contribution in [1.29, 1.82) is 0 Å². The van der Waals surface area contributed by atoms with Gasteiger partial charge in [0, 0.05) is 6.54 Å². The minimum Gasteiger partial charge on any atom is -0.380 e. The topological polar surface area (TPSA) is 64.8 Å². The molecule has 2 fully saturated rings. The molecule has 0 spiro atoms. The van der Waals surface area contributed by atoms with Crippen LogP contribution < -0.4 is 5.73 Å². The van der Waals surface area contributed by atoms with Gasteiger partial charge in [-0.2, -0.15) is 0 Å². The highest BCUT2D eigenvalue weighted by Gasteiger charge is 2.32. The summed E-state index contributed by atoms with van der Waals surface area (Å²) in [6, 6.07) is 0. The number of carbonyl (C=O) groups is 1. The summed E-state index contributed by atoms with van der Waals surface area (Å²) in [4.78, 5) is 13.4. The normalized spacial score (nSPS) is 29.9. The summed E-state index contributed by atoms with van der Waals surface area (Å²) in [5, 5.41) is 0. The fourth-order valence-electron chi connectivity index (χ4n) is 1.51. The van der Waals surface area contributed by atoms with Crippen LogP contribution in [0.15, 0.2) is 0 Å². The summed E-state index contributed by atoms with van der Waals surface area (Å²) >= 11 is 0. The number of ether oxygens (including phenoxy) is 2. The van der Waals surface area contributed by atoms with Crippen molar-refractivity contribution in [3.63, 3.8) is 0 Å². The van der Waals surface area contributed by atoms with E-state index in [0.717, 1.165) is 0 Å². The predicted octanol–water partition coefficient (Wildman–Crippen LogP) is -1.22. The number of amides is 1. The molecule has 74 valence electrons. The Bertz CT molecular complexity index is 206. The highest BCUT2D eigenvalue weighted by atomic mass is 16.5. The van der Waals surface area contributed by atoms with E-state index in [1.54, 1.807) is 4.90 Å². The lowest BCUT2D eigenvalue weighted by Crippen LogP contribution is -2.53. The first-order chi connectivity index (χ1) is 6.27. The number of hydrogen-bond acceptors (Lipinski definition) is 4. The quantitative estimate of drug-likeness (QED) is 0.557. The first-order valence-corrected chi connectivity index (χ1v) is 4.51. The van der Waals surface area contributed by atoms with Crippen molar-refractivity contribution in [2.24, 2.45) is 11.7 Å². The zero-order valence-corrected chi connectivity index (χ0v) is 7.44. The highest BCUT2D eigenvalue weighted by Crippen LogP contribution is 2.15. The van der Waals surface area contributed by atoms with Crippen LogP contribution in [0.2, 0.25) is 0 Å². The molecule has 2 aliphatic rings. The molecule has 1 unspecified atom stereocenters. The fourth-order valence-corrected chi connectivity index (χ4v) is 1.51. The van der Waals surface area contributed by atoms with Crippen LogP contribution in [0.4, 0.5) is 0 Å². The zero-order valence-electron chi connectivity index (χ0n) is 7.44. The van der Waals surface area contributed by atoms with Crippen molar-refractivity contribution >= 4 is 5.91 Å². The van der Waals surface area contributed by atoms with E-state index in [9.17, 15) is 4.79 Å². The third-order valence-corrected chi connectivity index (χ3v) is 2.39. The molecule has 0 saturated carbocycles. The molecule has 5 heteroatoms. The molecule has 0 bridgehead atoms. The van der Waals surface area contributed by atoms with Crippen molar-refractivity contribution in [3.05, 3.63) is 0 Å². The molecular weight excluding hydrogens is 172 g/mol. The number of nitrogens with two attached hydrogens (primary N) is 1. The molecule has 2 aliphatic heterocycles. The van der Waals surface area contributed by atoms with Gasteiger partial charge in [0.2, 0.25) is 5.91 Å². The lowest BCUT2D eigenvalue weighted by atomic mass is 10.1. The van der Waals surface area contributed by atoms with E-state index in [-0.39, 0.29) is 18.1 Å². The monoisotopic (exact) mass is 186 g/mol. The summed E-state index contributed by atoms with van der Waals surface area (Å²) < 4.78 is 10.1. The Morgan fingerprint density at radius 1 is 1.46 bits per heavy atom. The van der Waals surface area contributed by atoms with E-state index < -0.39 is 0 Å². The van der Waals surface area contributed by atoms with Crippen molar-refractivity contribution in [2.45, 2.75) is 6.23 Å². The average molecular weight is 186 g/mol. The number of morpholine rings is 1. The van der Waals surface area contributed by atoms with Gasteiger partial charge in [0.25, 0.3) is 0 Å². The lowest BCUT2D eigenvalue weighted by Gasteiger charge is -2.35. The van der Waals surface area contributed by atoms with E-state index in [0.29, 0.717) is 32.9 Å². The average Bonchev–Trinajstić information content (AvgIpc) is 2.01. The summed E-state index contributed by atoms with van der Waals surface area (Å²) in [7, 11) is 0. The number of nitrogens with zero attached hydrogens (tertiary/aromatic N) is 1. The first kappa shape index (κ1) is 8.93. The maximum absolute atomic E-state index is 11.7. The Kier molecular flexibility index (Phi) is 2.48. The molecule has 0 aromatic carbocycles. The number of hydrogen-bond donors (Lipinski definition) is 1. The lowest BCUT2D eigenvalue weighted by molar-refractivity contribution is -0.156. The van der Waals surface area contributed by atoms with Gasteiger partial charge in [0.15, 0.2) is 0 Å². The summed E-state index contributed by atoms with van der Waals surface area (Å²) in [5.74, 6) is 0.218. The van der Waals surface area contributed by atoms with Crippen LogP contribution in [0.1, 0.15) is 0 Å². The van der Waals surface area contributed by atoms with Gasteiger partial charge in [-0.3, -0.25) is 4.79 Å². The van der Waals surface area contributed by atoms with Crippen LogP contribution in [0, 0.1) is 5.92 Å².